The van der Waals surface area contributed by atoms with Gasteiger partial charge in [0.25, 0.3) is 0 Å². The third-order valence-electron chi connectivity index (χ3n) is 3.49. The van der Waals surface area contributed by atoms with Crippen LogP contribution in [0.1, 0.15) is 20.8 Å². The van der Waals surface area contributed by atoms with Crippen molar-refractivity contribution in [3.63, 3.8) is 0 Å². The number of nitrogen functional groups attached to an aromatic ring is 1. The number of nitrogens with zero attached hydrogens (tertiary/aromatic N) is 1. The minimum absolute atomic E-state index is 0.0528. The molecule has 0 atom stereocenters. The maximum absolute atomic E-state index is 13.5. The summed E-state index contributed by atoms with van der Waals surface area (Å²) in [5, 5.41) is 3.57. The van der Waals surface area contributed by atoms with Crippen LogP contribution in [0, 0.1) is 5.82 Å². The molecule has 0 saturated heterocycles. The number of anilines is 3. The van der Waals surface area contributed by atoms with Crippen molar-refractivity contribution >= 4 is 51.4 Å². The molecular formula is C18H13ClFN3OS. The van der Waals surface area contributed by atoms with Crippen LogP contribution in [-0.2, 0) is 0 Å². The van der Waals surface area contributed by atoms with Crippen molar-refractivity contribution in [3.05, 3.63) is 75.9 Å². The summed E-state index contributed by atoms with van der Waals surface area (Å²) < 4.78 is 13.5. The molecule has 0 aliphatic carbocycles. The molecule has 0 fully saturated rings. The highest BCUT2D eigenvalue weighted by Crippen LogP contribution is 2.35. The summed E-state index contributed by atoms with van der Waals surface area (Å²) in [4.78, 5) is 15.7. The third-order valence-corrected chi connectivity index (χ3v) is 4.85. The third kappa shape index (κ3) is 3.70. The van der Waals surface area contributed by atoms with E-state index in [2.05, 4.69) is 16.9 Å². The van der Waals surface area contributed by atoms with E-state index in [1.807, 2.05) is 0 Å². The summed E-state index contributed by atoms with van der Waals surface area (Å²) in [6.07, 6.45) is 0.779. The number of aromatic nitrogens is 1. The summed E-state index contributed by atoms with van der Waals surface area (Å²) >= 11 is 6.98. The molecule has 0 amide bonds. The summed E-state index contributed by atoms with van der Waals surface area (Å²) in [7, 11) is 0. The number of thiazole rings is 1. The van der Waals surface area contributed by atoms with E-state index in [-0.39, 0.29) is 5.02 Å². The fourth-order valence-corrected chi connectivity index (χ4v) is 3.21. The Kier molecular flexibility index (Phi) is 4.83. The summed E-state index contributed by atoms with van der Waals surface area (Å²) in [5.74, 6) is -0.192. The molecule has 0 aliphatic rings. The van der Waals surface area contributed by atoms with E-state index in [1.165, 1.54) is 23.5 Å². The number of nitrogens with two attached hydrogens (primary N) is 1. The molecule has 4 nitrogen and oxygen atoms in total. The molecule has 0 radical (unpaired) electrons. The van der Waals surface area contributed by atoms with Crippen LogP contribution in [0.5, 0.6) is 0 Å². The maximum Gasteiger partial charge on any atom is 0.189 e. The Hall–Kier alpha value is -2.70. The molecule has 1 aromatic heterocycles. The summed E-state index contributed by atoms with van der Waals surface area (Å²) in [6.45, 7) is 4.05. The van der Waals surface area contributed by atoms with Crippen LogP contribution in [0.4, 0.5) is 21.0 Å². The van der Waals surface area contributed by atoms with E-state index < -0.39 is 5.82 Å². The molecule has 25 heavy (non-hydrogen) atoms. The Morgan fingerprint density at radius 1 is 1.28 bits per heavy atom. The first-order valence-electron chi connectivity index (χ1n) is 7.21. The number of hydrogen-bond acceptors (Lipinski definition) is 5. The average molecular weight is 374 g/mol. The smallest absolute Gasteiger partial charge is 0.189 e. The molecule has 0 spiro atoms. The predicted molar refractivity (Wildman–Crippen MR) is 101 cm³/mol. The number of hydrogen-bond donors (Lipinski definition) is 2. The van der Waals surface area contributed by atoms with Crippen molar-refractivity contribution in [1.29, 1.82) is 0 Å². The van der Waals surface area contributed by atoms with Gasteiger partial charge < -0.3 is 11.1 Å². The molecule has 126 valence electrons. The van der Waals surface area contributed by atoms with Crippen LogP contribution < -0.4 is 11.1 Å². The van der Waals surface area contributed by atoms with Gasteiger partial charge in [-0.1, -0.05) is 53.8 Å². The van der Waals surface area contributed by atoms with E-state index in [0.29, 0.717) is 32.7 Å². The average Bonchev–Trinajstić information content (AvgIpc) is 2.98. The number of benzene rings is 2. The van der Waals surface area contributed by atoms with Crippen molar-refractivity contribution in [2.45, 2.75) is 0 Å². The number of nitrogens with one attached hydrogen (secondary N) is 1. The molecule has 3 N–H and O–H groups in total. The molecule has 7 heteroatoms. The lowest BCUT2D eigenvalue weighted by Gasteiger charge is -2.04. The van der Waals surface area contributed by atoms with Gasteiger partial charge in [0.2, 0.25) is 0 Å². The first kappa shape index (κ1) is 17.1. The van der Waals surface area contributed by atoms with Crippen molar-refractivity contribution in [2.75, 3.05) is 11.1 Å². The van der Waals surface area contributed by atoms with E-state index >= 15 is 0 Å². The Morgan fingerprint density at radius 2 is 2.00 bits per heavy atom. The van der Waals surface area contributed by atoms with Crippen molar-refractivity contribution < 1.29 is 9.18 Å². The number of carbonyl (C=O) groups is 1. The van der Waals surface area contributed by atoms with Crippen LogP contribution in [0.3, 0.4) is 0 Å². The van der Waals surface area contributed by atoms with Crippen molar-refractivity contribution in [3.8, 4) is 0 Å². The highest BCUT2D eigenvalue weighted by molar-refractivity contribution is 7.17. The Morgan fingerprint density at radius 3 is 2.64 bits per heavy atom. The topological polar surface area (TPSA) is 68.0 Å². The van der Waals surface area contributed by atoms with E-state index in [0.717, 1.165) is 11.8 Å². The number of halogens is 2. The fraction of sp³-hybridized carbons (Fsp3) is 0. The molecule has 2 aromatic carbocycles. The van der Waals surface area contributed by atoms with Gasteiger partial charge in [0.05, 0.1) is 9.90 Å². The van der Waals surface area contributed by atoms with Gasteiger partial charge in [-0.25, -0.2) is 9.37 Å². The van der Waals surface area contributed by atoms with E-state index in [4.69, 9.17) is 17.3 Å². The summed E-state index contributed by atoms with van der Waals surface area (Å²) in [5.41, 5.74) is 8.63. The second-order valence-electron chi connectivity index (χ2n) is 5.21. The van der Waals surface area contributed by atoms with Gasteiger partial charge >= 0.3 is 0 Å². The zero-order valence-corrected chi connectivity index (χ0v) is 14.5. The van der Waals surface area contributed by atoms with Gasteiger partial charge in [0, 0.05) is 11.3 Å². The second kappa shape index (κ2) is 7.04. The monoisotopic (exact) mass is 373 g/mol. The molecule has 0 aliphatic heterocycles. The normalized spacial score (nSPS) is 10.5. The SMILES string of the molecule is C=C(c1ccc(C=O)cc1)c1sc(Nc2ccc(Cl)c(F)c2)nc1N. The van der Waals surface area contributed by atoms with Crippen molar-refractivity contribution in [1.82, 2.24) is 4.98 Å². The molecule has 0 unspecified atom stereocenters. The van der Waals surface area contributed by atoms with E-state index in [9.17, 15) is 9.18 Å². The van der Waals surface area contributed by atoms with Gasteiger partial charge in [-0.2, -0.15) is 0 Å². The summed E-state index contributed by atoms with van der Waals surface area (Å²) in [6, 6.07) is 11.4. The van der Waals surface area contributed by atoms with Gasteiger partial charge in [-0.05, 0) is 29.3 Å². The van der Waals surface area contributed by atoms with Crippen LogP contribution in [-0.4, -0.2) is 11.3 Å². The Bertz CT molecular complexity index is 953. The van der Waals surface area contributed by atoms with Gasteiger partial charge in [0.15, 0.2) is 5.13 Å². The van der Waals surface area contributed by atoms with E-state index in [1.54, 1.807) is 30.3 Å². The largest absolute Gasteiger partial charge is 0.382 e. The fourth-order valence-electron chi connectivity index (χ4n) is 2.19. The van der Waals surface area contributed by atoms with Crippen LogP contribution in [0.25, 0.3) is 5.57 Å². The van der Waals surface area contributed by atoms with Crippen LogP contribution in [0.2, 0.25) is 5.02 Å². The van der Waals surface area contributed by atoms with Gasteiger partial charge in [0.1, 0.15) is 17.9 Å². The van der Waals surface area contributed by atoms with Crippen LogP contribution >= 0.6 is 22.9 Å². The zero-order chi connectivity index (χ0) is 18.0. The Balaban J connectivity index is 1.84. The first-order chi connectivity index (χ1) is 12.0. The first-order valence-corrected chi connectivity index (χ1v) is 8.40. The highest BCUT2D eigenvalue weighted by Gasteiger charge is 2.14. The highest BCUT2D eigenvalue weighted by atomic mass is 35.5. The molecule has 3 rings (SSSR count). The number of rotatable bonds is 5. The van der Waals surface area contributed by atoms with Crippen molar-refractivity contribution in [2.24, 2.45) is 0 Å². The molecule has 3 aromatic rings. The standard InChI is InChI=1S/C18H13ClFN3OS/c1-10(12-4-2-11(9-24)3-5-12)16-17(21)23-18(25-16)22-13-6-7-14(19)15(20)8-13/h2-9H,1,21H2,(H,22,23). The van der Waals surface area contributed by atoms with Gasteiger partial charge in [-0.15, -0.1) is 0 Å². The lowest BCUT2D eigenvalue weighted by Crippen LogP contribution is -1.93. The zero-order valence-electron chi connectivity index (χ0n) is 12.9. The maximum atomic E-state index is 13.5. The Labute approximate surface area is 152 Å². The quantitative estimate of drug-likeness (QED) is 0.608. The molecular weight excluding hydrogens is 361 g/mol. The van der Waals surface area contributed by atoms with Crippen LogP contribution in [0.15, 0.2) is 49.0 Å². The number of aldehydes is 1. The lowest BCUT2D eigenvalue weighted by atomic mass is 10.0. The second-order valence-corrected chi connectivity index (χ2v) is 6.61. The molecule has 0 saturated carbocycles. The molecule has 1 heterocycles. The molecule has 0 bridgehead atoms. The minimum Gasteiger partial charge on any atom is -0.382 e. The number of carbonyl (C=O) groups excluding carboxylic acids is 1. The predicted octanol–water partition coefficient (Wildman–Crippen LogP) is 5.14. The minimum atomic E-state index is -0.518. The van der Waals surface area contributed by atoms with Gasteiger partial charge in [-0.3, -0.25) is 4.79 Å². The lowest BCUT2D eigenvalue weighted by molar-refractivity contribution is 0.112.